The first kappa shape index (κ1) is 13.4. The van der Waals surface area contributed by atoms with E-state index in [9.17, 15) is 0 Å². The zero-order valence-corrected chi connectivity index (χ0v) is 11.9. The molecule has 2 nitrogen and oxygen atoms in total. The van der Waals surface area contributed by atoms with Crippen LogP contribution in [-0.4, -0.2) is 12.0 Å². The minimum atomic E-state index is 0.326. The smallest absolute Gasteiger partial charge is 0.101 e. The van der Waals surface area contributed by atoms with Gasteiger partial charge in [-0.05, 0) is 49.9 Å². The number of halogens is 1. The average Bonchev–Trinajstić information content (AvgIpc) is 2.38. The Morgan fingerprint density at radius 3 is 2.83 bits per heavy atom. The number of hydrogen-bond acceptors (Lipinski definition) is 3. The van der Waals surface area contributed by atoms with Crippen LogP contribution in [0.1, 0.15) is 18.5 Å². The van der Waals surface area contributed by atoms with Crippen molar-refractivity contribution in [1.82, 2.24) is 10.3 Å². The molecule has 1 aromatic heterocycles. The molecule has 0 amide bonds. The molecule has 0 fully saturated rings. The molecular weight excluding hydrogens is 264 g/mol. The van der Waals surface area contributed by atoms with Crippen molar-refractivity contribution in [3.8, 4) is 0 Å². The molecule has 1 heterocycles. The monoisotopic (exact) mass is 278 g/mol. The van der Waals surface area contributed by atoms with Gasteiger partial charge in [0.25, 0.3) is 0 Å². The predicted octanol–water partition coefficient (Wildman–Crippen LogP) is 4.17. The topological polar surface area (TPSA) is 24.9 Å². The molecule has 0 aliphatic heterocycles. The lowest BCUT2D eigenvalue weighted by Gasteiger charge is -2.11. The largest absolute Gasteiger partial charge is 0.313 e. The lowest BCUT2D eigenvalue weighted by Crippen LogP contribution is -2.12. The molecule has 1 unspecified atom stereocenters. The zero-order chi connectivity index (χ0) is 13.0. The highest BCUT2D eigenvalue weighted by molar-refractivity contribution is 7.99. The molecule has 94 valence electrons. The van der Waals surface area contributed by atoms with E-state index < -0.39 is 0 Å². The van der Waals surface area contributed by atoms with Gasteiger partial charge < -0.3 is 5.32 Å². The number of rotatable bonds is 4. The van der Waals surface area contributed by atoms with E-state index in [2.05, 4.69) is 23.3 Å². The van der Waals surface area contributed by atoms with Crippen molar-refractivity contribution >= 4 is 23.4 Å². The third-order valence-electron chi connectivity index (χ3n) is 2.71. The summed E-state index contributed by atoms with van der Waals surface area (Å²) in [6.07, 6.45) is 1.84. The van der Waals surface area contributed by atoms with Gasteiger partial charge >= 0.3 is 0 Å². The summed E-state index contributed by atoms with van der Waals surface area (Å²) in [7, 11) is 1.95. The fourth-order valence-electron chi connectivity index (χ4n) is 1.57. The van der Waals surface area contributed by atoms with Crippen molar-refractivity contribution in [1.29, 1.82) is 0 Å². The summed E-state index contributed by atoms with van der Waals surface area (Å²) < 4.78 is 0. The van der Waals surface area contributed by atoms with Crippen LogP contribution in [0.3, 0.4) is 0 Å². The molecule has 0 aliphatic rings. The van der Waals surface area contributed by atoms with Gasteiger partial charge in [-0.1, -0.05) is 29.4 Å². The fourth-order valence-corrected chi connectivity index (χ4v) is 2.71. The Hall–Kier alpha value is -1.03. The van der Waals surface area contributed by atoms with E-state index in [4.69, 9.17) is 11.6 Å². The van der Waals surface area contributed by atoms with Gasteiger partial charge in [0.2, 0.25) is 0 Å². The van der Waals surface area contributed by atoms with Crippen molar-refractivity contribution in [3.63, 3.8) is 0 Å². The Bertz CT molecular complexity index is 531. The molecule has 1 atom stereocenters. The number of aromatic nitrogens is 1. The van der Waals surface area contributed by atoms with Crippen molar-refractivity contribution in [2.75, 3.05) is 7.05 Å². The van der Waals surface area contributed by atoms with Crippen molar-refractivity contribution in [2.45, 2.75) is 22.9 Å². The van der Waals surface area contributed by atoms with Crippen LogP contribution < -0.4 is 5.32 Å². The summed E-state index contributed by atoms with van der Waals surface area (Å²) >= 11 is 7.59. The lowest BCUT2D eigenvalue weighted by molar-refractivity contribution is 0.649. The number of nitrogens with zero attached hydrogens (tertiary/aromatic N) is 1. The van der Waals surface area contributed by atoms with Crippen LogP contribution in [0.25, 0.3) is 0 Å². The molecule has 4 heteroatoms. The molecule has 0 spiro atoms. The predicted molar refractivity (Wildman–Crippen MR) is 77.3 cm³/mol. The molecule has 0 radical (unpaired) electrons. The summed E-state index contributed by atoms with van der Waals surface area (Å²) in [6.45, 7) is 2.13. The lowest BCUT2D eigenvalue weighted by atomic mass is 10.1. The van der Waals surface area contributed by atoms with Gasteiger partial charge in [0.1, 0.15) is 5.03 Å². The molecular formula is C14H15ClN2S. The van der Waals surface area contributed by atoms with E-state index in [1.165, 1.54) is 5.56 Å². The molecule has 18 heavy (non-hydrogen) atoms. The van der Waals surface area contributed by atoms with Crippen molar-refractivity contribution < 1.29 is 0 Å². The Kier molecular flexibility index (Phi) is 4.64. The van der Waals surface area contributed by atoms with E-state index in [1.54, 1.807) is 11.8 Å². The highest BCUT2D eigenvalue weighted by Gasteiger charge is 2.05. The quantitative estimate of drug-likeness (QED) is 0.909. The van der Waals surface area contributed by atoms with Gasteiger partial charge in [0, 0.05) is 22.2 Å². The van der Waals surface area contributed by atoms with E-state index >= 15 is 0 Å². The van der Waals surface area contributed by atoms with Gasteiger partial charge in [-0.3, -0.25) is 0 Å². The maximum atomic E-state index is 5.97. The van der Waals surface area contributed by atoms with Crippen LogP contribution in [0.4, 0.5) is 0 Å². The van der Waals surface area contributed by atoms with E-state index in [0.29, 0.717) is 6.04 Å². The average molecular weight is 279 g/mol. The normalized spacial score (nSPS) is 12.4. The molecule has 0 bridgehead atoms. The first-order valence-electron chi connectivity index (χ1n) is 5.75. The van der Waals surface area contributed by atoms with Gasteiger partial charge in [0.05, 0.1) is 0 Å². The van der Waals surface area contributed by atoms with Gasteiger partial charge in [-0.2, -0.15) is 0 Å². The van der Waals surface area contributed by atoms with Crippen LogP contribution in [0, 0.1) is 0 Å². The summed E-state index contributed by atoms with van der Waals surface area (Å²) in [5.74, 6) is 0. The van der Waals surface area contributed by atoms with Gasteiger partial charge in [-0.15, -0.1) is 0 Å². The molecule has 1 aromatic carbocycles. The number of pyridine rings is 1. The van der Waals surface area contributed by atoms with Crippen LogP contribution in [-0.2, 0) is 0 Å². The molecule has 0 saturated heterocycles. The van der Waals surface area contributed by atoms with E-state index in [1.807, 2.05) is 43.6 Å². The second-order valence-corrected chi connectivity index (χ2v) is 5.53. The second-order valence-electron chi connectivity index (χ2n) is 4.00. The molecule has 2 rings (SSSR count). The third-order valence-corrected chi connectivity index (χ3v) is 3.87. The minimum Gasteiger partial charge on any atom is -0.313 e. The SMILES string of the molecule is CNC(C)c1ccnc(Sc2cccc(Cl)c2)c1. The third kappa shape index (κ3) is 3.48. The second kappa shape index (κ2) is 6.23. The van der Waals surface area contributed by atoms with Gasteiger partial charge in [0.15, 0.2) is 0 Å². The Morgan fingerprint density at radius 1 is 1.28 bits per heavy atom. The molecule has 0 saturated carbocycles. The Balaban J connectivity index is 2.19. The maximum Gasteiger partial charge on any atom is 0.101 e. The number of hydrogen-bond donors (Lipinski definition) is 1. The summed E-state index contributed by atoms with van der Waals surface area (Å²) in [5.41, 5.74) is 1.23. The fraction of sp³-hybridized carbons (Fsp3) is 0.214. The summed E-state index contributed by atoms with van der Waals surface area (Å²) in [5, 5.41) is 4.96. The van der Waals surface area contributed by atoms with Crippen molar-refractivity contribution in [3.05, 3.63) is 53.2 Å². The summed E-state index contributed by atoms with van der Waals surface area (Å²) in [4.78, 5) is 5.47. The van der Waals surface area contributed by atoms with Crippen molar-refractivity contribution in [2.24, 2.45) is 0 Å². The van der Waals surface area contributed by atoms with Gasteiger partial charge in [-0.25, -0.2) is 4.98 Å². The molecule has 1 N–H and O–H groups in total. The molecule has 2 aromatic rings. The minimum absolute atomic E-state index is 0.326. The Labute approximate surface area is 117 Å². The maximum absolute atomic E-state index is 5.97. The Morgan fingerprint density at radius 2 is 2.11 bits per heavy atom. The highest BCUT2D eigenvalue weighted by Crippen LogP contribution is 2.29. The zero-order valence-electron chi connectivity index (χ0n) is 10.4. The van der Waals surface area contributed by atoms with E-state index in [0.717, 1.165) is 14.9 Å². The highest BCUT2D eigenvalue weighted by atomic mass is 35.5. The van der Waals surface area contributed by atoms with Crippen LogP contribution >= 0.6 is 23.4 Å². The van der Waals surface area contributed by atoms with Crippen LogP contribution in [0.15, 0.2) is 52.5 Å². The molecule has 0 aliphatic carbocycles. The first-order chi connectivity index (χ1) is 8.69. The summed E-state index contributed by atoms with van der Waals surface area (Å²) in [6, 6.07) is 12.3. The standard InChI is InChI=1S/C14H15ClN2S/c1-10(16-2)11-6-7-17-14(8-11)18-13-5-3-4-12(15)9-13/h3-10,16H,1-2H3. The number of nitrogens with one attached hydrogen (secondary N) is 1. The first-order valence-corrected chi connectivity index (χ1v) is 6.95. The number of benzene rings is 1. The van der Waals surface area contributed by atoms with Crippen LogP contribution in [0.5, 0.6) is 0 Å². The van der Waals surface area contributed by atoms with Crippen LogP contribution in [0.2, 0.25) is 5.02 Å². The van der Waals surface area contributed by atoms with E-state index in [-0.39, 0.29) is 0 Å².